The first-order valence-electron chi connectivity index (χ1n) is 5.72. The monoisotopic (exact) mass is 241 g/mol. The van der Waals surface area contributed by atoms with Gasteiger partial charge in [0.05, 0.1) is 5.56 Å². The summed E-state index contributed by atoms with van der Waals surface area (Å²) in [4.78, 5) is 19.7. The van der Waals surface area contributed by atoms with Crippen molar-refractivity contribution in [3.8, 4) is 0 Å². The molecule has 92 valence electrons. The molecule has 0 bridgehead atoms. The van der Waals surface area contributed by atoms with Crippen LogP contribution < -0.4 is 5.32 Å². The molecule has 1 aromatic heterocycles. The van der Waals surface area contributed by atoms with E-state index in [0.29, 0.717) is 5.56 Å². The summed E-state index contributed by atoms with van der Waals surface area (Å²) in [6, 6.07) is 4.09. The highest BCUT2D eigenvalue weighted by Gasteiger charge is 2.10. The van der Waals surface area contributed by atoms with Crippen molar-refractivity contribution in [1.82, 2.24) is 9.97 Å². The molecule has 1 N–H and O–H groups in total. The maximum absolute atomic E-state index is 12.0. The van der Waals surface area contributed by atoms with E-state index < -0.39 is 0 Å². The predicted octanol–water partition coefficient (Wildman–Crippen LogP) is 2.65. The number of aryl methyl sites for hydroxylation is 3. The number of carbonyl (C=O) groups is 1. The van der Waals surface area contributed by atoms with Crippen molar-refractivity contribution in [3.05, 3.63) is 53.1 Å². The van der Waals surface area contributed by atoms with E-state index in [2.05, 4.69) is 15.3 Å². The highest BCUT2D eigenvalue weighted by Crippen LogP contribution is 2.22. The molecule has 1 heterocycles. The molecule has 0 spiro atoms. The highest BCUT2D eigenvalue weighted by atomic mass is 16.1. The van der Waals surface area contributed by atoms with Gasteiger partial charge in [0.25, 0.3) is 5.91 Å². The van der Waals surface area contributed by atoms with Gasteiger partial charge < -0.3 is 5.32 Å². The Morgan fingerprint density at radius 1 is 1.06 bits per heavy atom. The van der Waals surface area contributed by atoms with Gasteiger partial charge in [0.1, 0.15) is 6.33 Å². The number of hydrogen-bond donors (Lipinski definition) is 1. The first-order chi connectivity index (χ1) is 8.58. The lowest BCUT2D eigenvalue weighted by Crippen LogP contribution is -2.14. The van der Waals surface area contributed by atoms with Crippen LogP contribution in [0, 0.1) is 20.8 Å². The standard InChI is InChI=1S/C14H15N3O/c1-9-4-10(2)13(11(3)5-9)17-14(18)12-6-15-8-16-7-12/h4-8H,1-3H3,(H,17,18). The third-order valence-corrected chi connectivity index (χ3v) is 2.74. The fourth-order valence-corrected chi connectivity index (χ4v) is 1.98. The molecule has 1 aromatic carbocycles. The summed E-state index contributed by atoms with van der Waals surface area (Å²) in [6.07, 6.45) is 4.40. The third-order valence-electron chi connectivity index (χ3n) is 2.74. The van der Waals surface area contributed by atoms with Gasteiger partial charge in [-0.2, -0.15) is 0 Å². The van der Waals surface area contributed by atoms with Crippen molar-refractivity contribution in [1.29, 1.82) is 0 Å². The summed E-state index contributed by atoms with van der Waals surface area (Å²) in [7, 11) is 0. The molecule has 0 radical (unpaired) electrons. The smallest absolute Gasteiger partial charge is 0.258 e. The molecule has 0 unspecified atom stereocenters. The van der Waals surface area contributed by atoms with Gasteiger partial charge in [-0.15, -0.1) is 0 Å². The first-order valence-corrected chi connectivity index (χ1v) is 5.72. The van der Waals surface area contributed by atoms with E-state index in [-0.39, 0.29) is 5.91 Å². The zero-order valence-corrected chi connectivity index (χ0v) is 10.7. The van der Waals surface area contributed by atoms with Crippen molar-refractivity contribution in [3.63, 3.8) is 0 Å². The number of anilines is 1. The third kappa shape index (κ3) is 2.53. The molecule has 0 aliphatic carbocycles. The van der Waals surface area contributed by atoms with E-state index in [1.807, 2.05) is 32.9 Å². The van der Waals surface area contributed by atoms with Gasteiger partial charge in [-0.05, 0) is 31.9 Å². The van der Waals surface area contributed by atoms with Gasteiger partial charge >= 0.3 is 0 Å². The van der Waals surface area contributed by atoms with E-state index in [9.17, 15) is 4.79 Å². The summed E-state index contributed by atoms with van der Waals surface area (Å²) in [5.74, 6) is -0.189. The molecule has 0 aliphatic heterocycles. The van der Waals surface area contributed by atoms with Crippen molar-refractivity contribution in [2.24, 2.45) is 0 Å². The van der Waals surface area contributed by atoms with E-state index in [0.717, 1.165) is 16.8 Å². The molecule has 0 saturated carbocycles. The average molecular weight is 241 g/mol. The van der Waals surface area contributed by atoms with Crippen molar-refractivity contribution in [2.45, 2.75) is 20.8 Å². The Hall–Kier alpha value is -2.23. The summed E-state index contributed by atoms with van der Waals surface area (Å²) in [6.45, 7) is 6.00. The molecule has 18 heavy (non-hydrogen) atoms. The van der Waals surface area contributed by atoms with Crippen LogP contribution >= 0.6 is 0 Å². The zero-order chi connectivity index (χ0) is 13.1. The van der Waals surface area contributed by atoms with Crippen molar-refractivity contribution >= 4 is 11.6 Å². The molecule has 2 aromatic rings. The molecular formula is C14H15N3O. The van der Waals surface area contributed by atoms with Crippen LogP contribution in [-0.2, 0) is 0 Å². The SMILES string of the molecule is Cc1cc(C)c(NC(=O)c2cncnc2)c(C)c1. The normalized spacial score (nSPS) is 10.2. The van der Waals surface area contributed by atoms with Crippen LogP contribution in [0.15, 0.2) is 30.9 Å². The number of amides is 1. The topological polar surface area (TPSA) is 54.9 Å². The lowest BCUT2D eigenvalue weighted by atomic mass is 10.0. The first kappa shape index (κ1) is 12.2. The second-order valence-corrected chi connectivity index (χ2v) is 4.35. The van der Waals surface area contributed by atoms with Gasteiger partial charge in [-0.3, -0.25) is 4.79 Å². The van der Waals surface area contributed by atoms with E-state index in [4.69, 9.17) is 0 Å². The molecule has 0 saturated heterocycles. The molecule has 0 fully saturated rings. The molecule has 4 nitrogen and oxygen atoms in total. The minimum absolute atomic E-state index is 0.189. The van der Waals surface area contributed by atoms with E-state index >= 15 is 0 Å². The number of nitrogens with one attached hydrogen (secondary N) is 1. The summed E-state index contributed by atoms with van der Waals surface area (Å²) in [5.41, 5.74) is 4.60. The molecule has 0 atom stereocenters. The molecular weight excluding hydrogens is 226 g/mol. The van der Waals surface area contributed by atoms with Gasteiger partial charge in [0.2, 0.25) is 0 Å². The Bertz CT molecular complexity index is 556. The largest absolute Gasteiger partial charge is 0.321 e. The Morgan fingerprint density at radius 3 is 2.17 bits per heavy atom. The molecule has 0 aliphatic rings. The average Bonchev–Trinajstić information content (AvgIpc) is 2.34. The number of benzene rings is 1. The van der Waals surface area contributed by atoms with Crippen molar-refractivity contribution in [2.75, 3.05) is 5.32 Å². The highest BCUT2D eigenvalue weighted by molar-refractivity contribution is 6.04. The summed E-state index contributed by atoms with van der Waals surface area (Å²) < 4.78 is 0. The lowest BCUT2D eigenvalue weighted by molar-refractivity contribution is 0.102. The van der Waals surface area contributed by atoms with Crippen LogP contribution in [0.4, 0.5) is 5.69 Å². The maximum Gasteiger partial charge on any atom is 0.258 e. The van der Waals surface area contributed by atoms with E-state index in [1.165, 1.54) is 24.3 Å². The number of rotatable bonds is 2. The van der Waals surface area contributed by atoms with E-state index in [1.54, 1.807) is 0 Å². The van der Waals surface area contributed by atoms with Crippen molar-refractivity contribution < 1.29 is 4.79 Å². The molecule has 2 rings (SSSR count). The summed E-state index contributed by atoms with van der Waals surface area (Å²) in [5, 5.41) is 2.90. The van der Waals surface area contributed by atoms with Gasteiger partial charge in [-0.25, -0.2) is 9.97 Å². The maximum atomic E-state index is 12.0. The van der Waals surface area contributed by atoms with Crippen LogP contribution in [0.25, 0.3) is 0 Å². The predicted molar refractivity (Wildman–Crippen MR) is 70.6 cm³/mol. The lowest BCUT2D eigenvalue weighted by Gasteiger charge is -2.12. The number of aromatic nitrogens is 2. The number of nitrogens with zero attached hydrogens (tertiary/aromatic N) is 2. The Labute approximate surface area is 106 Å². The van der Waals surface area contributed by atoms with Gasteiger partial charge in [0.15, 0.2) is 0 Å². The van der Waals surface area contributed by atoms with Crippen LogP contribution in [0.2, 0.25) is 0 Å². The molecule has 4 heteroatoms. The minimum Gasteiger partial charge on any atom is -0.321 e. The van der Waals surface area contributed by atoms with Gasteiger partial charge in [-0.1, -0.05) is 17.7 Å². The zero-order valence-electron chi connectivity index (χ0n) is 10.7. The number of carbonyl (C=O) groups excluding carboxylic acids is 1. The second kappa shape index (κ2) is 4.96. The van der Waals surface area contributed by atoms with Gasteiger partial charge in [0, 0.05) is 18.1 Å². The fraction of sp³-hybridized carbons (Fsp3) is 0.214. The fourth-order valence-electron chi connectivity index (χ4n) is 1.98. The second-order valence-electron chi connectivity index (χ2n) is 4.35. The quantitative estimate of drug-likeness (QED) is 0.879. The number of hydrogen-bond acceptors (Lipinski definition) is 3. The van der Waals surface area contributed by atoms with Crippen LogP contribution in [0.1, 0.15) is 27.0 Å². The summed E-state index contributed by atoms with van der Waals surface area (Å²) >= 11 is 0. The minimum atomic E-state index is -0.189. The Balaban J connectivity index is 2.28. The van der Waals surface area contributed by atoms with Crippen LogP contribution in [0.5, 0.6) is 0 Å². The van der Waals surface area contributed by atoms with Crippen LogP contribution in [0.3, 0.4) is 0 Å². The van der Waals surface area contributed by atoms with Crippen LogP contribution in [-0.4, -0.2) is 15.9 Å². The Kier molecular flexibility index (Phi) is 3.37. The Morgan fingerprint density at radius 2 is 1.61 bits per heavy atom. The molecule has 1 amide bonds.